The first-order valence-electron chi connectivity index (χ1n) is 8.12. The zero-order chi connectivity index (χ0) is 18.4. The molecule has 0 spiro atoms. The number of ketones is 2. The molecule has 1 unspecified atom stereocenters. The maximum Gasteiger partial charge on any atom is -1.00 e. The van der Waals surface area contributed by atoms with E-state index in [0.29, 0.717) is 6.42 Å². The normalized spacial score (nSPS) is 28.6. The summed E-state index contributed by atoms with van der Waals surface area (Å²) in [6.45, 7) is 18.5. The minimum absolute atomic E-state index is 0. The third-order valence-electron chi connectivity index (χ3n) is 5.51. The smallest absolute Gasteiger partial charge is 1.00 e. The van der Waals surface area contributed by atoms with E-state index in [9.17, 15) is 9.59 Å². The number of hydrogen-bond acceptors (Lipinski definition) is 2. The maximum absolute atomic E-state index is 11.7. The Balaban J connectivity index is 0.000000436. The van der Waals surface area contributed by atoms with E-state index < -0.39 is 10.8 Å². The quantitative estimate of drug-likeness (QED) is 0.485. The molecule has 0 radical (unpaired) electrons. The van der Waals surface area contributed by atoms with Crippen molar-refractivity contribution in [2.45, 2.75) is 68.7 Å². The monoisotopic (exact) mass is 392 g/mol. The van der Waals surface area contributed by atoms with Gasteiger partial charge in [0, 0.05) is 0 Å². The number of carbonyl (C=O) groups is 2. The first-order chi connectivity index (χ1) is 10.2. The summed E-state index contributed by atoms with van der Waals surface area (Å²) in [6, 6.07) is 0. The van der Waals surface area contributed by atoms with Gasteiger partial charge in [-0.05, 0) is 0 Å². The Bertz CT molecular complexity index is 638. The van der Waals surface area contributed by atoms with Gasteiger partial charge in [-0.25, -0.2) is 5.57 Å². The molecule has 1 fully saturated rings. The summed E-state index contributed by atoms with van der Waals surface area (Å²) in [6.07, 6.45) is 4.11. The topological polar surface area (TPSA) is 34.1 Å². The molecule has 0 heterocycles. The summed E-state index contributed by atoms with van der Waals surface area (Å²) < 4.78 is 1.13. The molecule has 1 saturated carbocycles. The molecule has 0 bridgehead atoms. The number of hydrogen-bond donors (Lipinski definition) is 0. The van der Waals surface area contributed by atoms with Crippen molar-refractivity contribution >= 4 is 14.8 Å². The van der Waals surface area contributed by atoms with Crippen LogP contribution in [-0.2, 0) is 33.8 Å². The molecule has 0 saturated heterocycles. The van der Waals surface area contributed by atoms with Gasteiger partial charge < -0.3 is 1.43 Å². The predicted octanol–water partition coefficient (Wildman–Crippen LogP) is 4.52. The number of carbonyl (C=O) groups excluding carboxylic acids is 2. The molecule has 2 rings (SSSR count). The van der Waals surface area contributed by atoms with E-state index in [1.54, 1.807) is 0 Å². The van der Waals surface area contributed by atoms with E-state index in [4.69, 9.17) is 0 Å². The second kappa shape index (κ2) is 6.47. The van der Waals surface area contributed by atoms with Crippen molar-refractivity contribution in [1.29, 1.82) is 0 Å². The molecule has 0 aromatic carbocycles. The summed E-state index contributed by atoms with van der Waals surface area (Å²) in [5.41, 5.74) is 3.47. The van der Waals surface area contributed by atoms with Crippen LogP contribution in [0.1, 0.15) is 70.2 Å². The SMILES string of the molecule is CC1=[C-]C(C)(C)C(C)=C1C.C[C](=[Zr+2])C1(C)CC(C)(C)C(=O)C1=O.[H-]. The molecule has 2 aliphatic carbocycles. The van der Waals surface area contributed by atoms with Gasteiger partial charge in [0.2, 0.25) is 0 Å². The van der Waals surface area contributed by atoms with Crippen molar-refractivity contribution in [2.24, 2.45) is 16.2 Å². The molecular formula is C20H30O2Zr. The second-order valence-corrected chi connectivity index (χ2v) is 10.1. The van der Waals surface area contributed by atoms with Gasteiger partial charge in [-0.1, -0.05) is 33.1 Å². The molecule has 0 amide bonds. The molecule has 2 aliphatic rings. The second-order valence-electron chi connectivity index (χ2n) is 8.30. The number of allylic oxidation sites excluding steroid dienone is 4. The van der Waals surface area contributed by atoms with Gasteiger partial charge in [0.15, 0.2) is 0 Å². The van der Waals surface area contributed by atoms with Crippen LogP contribution < -0.4 is 0 Å². The summed E-state index contributed by atoms with van der Waals surface area (Å²) in [7, 11) is 0. The Morgan fingerprint density at radius 3 is 1.65 bits per heavy atom. The van der Waals surface area contributed by atoms with Crippen LogP contribution in [-0.4, -0.2) is 14.8 Å². The zero-order valence-corrected chi connectivity index (χ0v) is 18.5. The Labute approximate surface area is 157 Å². The van der Waals surface area contributed by atoms with E-state index >= 15 is 0 Å². The van der Waals surface area contributed by atoms with Crippen molar-refractivity contribution in [1.82, 2.24) is 0 Å². The molecule has 0 aliphatic heterocycles. The van der Waals surface area contributed by atoms with E-state index in [1.807, 2.05) is 27.7 Å². The van der Waals surface area contributed by atoms with Crippen molar-refractivity contribution < 1.29 is 35.3 Å². The molecular weight excluding hydrogens is 363 g/mol. The van der Waals surface area contributed by atoms with Crippen molar-refractivity contribution in [3.8, 4) is 0 Å². The number of rotatable bonds is 1. The Morgan fingerprint density at radius 1 is 1.04 bits per heavy atom. The van der Waals surface area contributed by atoms with Crippen LogP contribution >= 0.6 is 0 Å². The van der Waals surface area contributed by atoms with Crippen LogP contribution in [0.15, 0.2) is 16.7 Å². The van der Waals surface area contributed by atoms with E-state index in [-0.39, 0.29) is 18.4 Å². The van der Waals surface area contributed by atoms with Gasteiger partial charge >= 0.3 is 93.5 Å². The third-order valence-corrected chi connectivity index (χ3v) is 6.86. The minimum Gasteiger partial charge on any atom is -1.00 e. The molecule has 0 aromatic rings. The average Bonchev–Trinajstić information content (AvgIpc) is 2.68. The molecule has 126 valence electrons. The molecule has 0 aromatic heterocycles. The molecule has 2 nitrogen and oxygen atoms in total. The van der Waals surface area contributed by atoms with Crippen LogP contribution in [0.3, 0.4) is 0 Å². The summed E-state index contributed by atoms with van der Waals surface area (Å²) in [4.78, 5) is 23.3. The van der Waals surface area contributed by atoms with E-state index in [1.165, 1.54) is 41.0 Å². The van der Waals surface area contributed by atoms with Gasteiger partial charge in [-0.3, -0.25) is 6.08 Å². The van der Waals surface area contributed by atoms with E-state index in [2.05, 4.69) is 40.7 Å². The van der Waals surface area contributed by atoms with Crippen molar-refractivity contribution in [3.05, 3.63) is 22.8 Å². The van der Waals surface area contributed by atoms with Crippen LogP contribution in [0, 0.1) is 22.3 Å². The summed E-state index contributed by atoms with van der Waals surface area (Å²) >= 11 is 1.25. The Kier molecular flexibility index (Phi) is 5.80. The molecule has 0 N–H and O–H groups in total. The fourth-order valence-corrected chi connectivity index (χ4v) is 3.81. The standard InChI is InChI=1S/C10H14O2.C10H15.Zr.H/c1-5-10(4)6-9(2,3)7(11)8(10)12;1-7-6-10(4,5)9(3)8(7)2;;/h6H2,1-4H3;1-5H3;;/q;-1;+2;-1. The predicted molar refractivity (Wildman–Crippen MR) is 92.9 cm³/mol. The molecule has 1 atom stereocenters. The summed E-state index contributed by atoms with van der Waals surface area (Å²) in [5.74, 6) is -0.386. The van der Waals surface area contributed by atoms with Crippen LogP contribution in [0.2, 0.25) is 0 Å². The van der Waals surface area contributed by atoms with Crippen LogP contribution in [0.25, 0.3) is 0 Å². The zero-order valence-electron chi connectivity index (χ0n) is 17.0. The molecule has 23 heavy (non-hydrogen) atoms. The van der Waals surface area contributed by atoms with Gasteiger partial charge in [0.05, 0.1) is 0 Å². The van der Waals surface area contributed by atoms with Crippen LogP contribution in [0.5, 0.6) is 0 Å². The van der Waals surface area contributed by atoms with Crippen molar-refractivity contribution in [2.75, 3.05) is 0 Å². The van der Waals surface area contributed by atoms with Gasteiger partial charge in [-0.15, -0.1) is 6.92 Å². The summed E-state index contributed by atoms with van der Waals surface area (Å²) in [5, 5.41) is 0. The largest absolute Gasteiger partial charge is 1.00 e. The third kappa shape index (κ3) is 3.81. The minimum atomic E-state index is -0.473. The fourth-order valence-electron chi connectivity index (χ4n) is 3.31. The van der Waals surface area contributed by atoms with Gasteiger partial charge in [0.1, 0.15) is 0 Å². The molecule has 3 heteroatoms. The fraction of sp³-hybridized carbons (Fsp3) is 0.650. The van der Waals surface area contributed by atoms with E-state index in [0.717, 1.165) is 3.21 Å². The van der Waals surface area contributed by atoms with Gasteiger partial charge in [-0.2, -0.15) is 11.1 Å². The average molecular weight is 394 g/mol. The van der Waals surface area contributed by atoms with Crippen molar-refractivity contribution in [3.63, 3.8) is 0 Å². The number of Topliss-reactive ketones (excluding diaryl/α,β-unsaturated/α-hetero) is 2. The Hall–Kier alpha value is -0.427. The van der Waals surface area contributed by atoms with Crippen LogP contribution in [0.4, 0.5) is 0 Å². The first-order valence-corrected chi connectivity index (χ1v) is 9.34. The first kappa shape index (κ1) is 20.6. The Morgan fingerprint density at radius 2 is 1.52 bits per heavy atom. The van der Waals surface area contributed by atoms with Gasteiger partial charge in [0.25, 0.3) is 0 Å². The maximum atomic E-state index is 11.7.